The van der Waals surface area contributed by atoms with E-state index in [0.717, 1.165) is 55.3 Å². The number of anilines is 1. The van der Waals surface area contributed by atoms with Crippen molar-refractivity contribution in [3.8, 4) is 0 Å². The molecule has 0 radical (unpaired) electrons. The minimum atomic E-state index is 0.568. The second-order valence-corrected chi connectivity index (χ2v) is 7.74. The molecule has 2 aromatic rings. The number of pyridine rings is 1. The Morgan fingerprint density at radius 1 is 1.15 bits per heavy atom. The summed E-state index contributed by atoms with van der Waals surface area (Å²) in [5, 5.41) is 9.24. The lowest BCUT2D eigenvalue weighted by atomic mass is 10.0. The Morgan fingerprint density at radius 2 is 2.00 bits per heavy atom. The number of nitrogens with one attached hydrogen (secondary N) is 1. The number of aryl methyl sites for hydroxylation is 1. The molecule has 0 aromatic carbocycles. The average Bonchev–Trinajstić information content (AvgIpc) is 2.85. The molecule has 0 amide bonds. The van der Waals surface area contributed by atoms with Gasteiger partial charge >= 0.3 is 0 Å². The third kappa shape index (κ3) is 4.01. The van der Waals surface area contributed by atoms with Gasteiger partial charge in [0.25, 0.3) is 0 Å². The molecule has 142 valence electrons. The van der Waals surface area contributed by atoms with Crippen LogP contribution in [0.2, 0.25) is 0 Å². The smallest absolute Gasteiger partial charge is 0.160 e. The fourth-order valence-electron chi connectivity index (χ4n) is 4.16. The number of piperidine rings is 1. The third-order valence-electron chi connectivity index (χ3n) is 5.67. The normalized spacial score (nSPS) is 21.9. The summed E-state index contributed by atoms with van der Waals surface area (Å²) in [6, 6.07) is 4.33. The number of hydrogen-bond donors (Lipinski definition) is 1. The predicted octanol–water partition coefficient (Wildman–Crippen LogP) is 2.86. The summed E-state index contributed by atoms with van der Waals surface area (Å²) >= 11 is 0. The molecule has 4 heterocycles. The molecule has 4 rings (SSSR count). The van der Waals surface area contributed by atoms with Gasteiger partial charge in [-0.3, -0.25) is 4.68 Å². The summed E-state index contributed by atoms with van der Waals surface area (Å²) in [6.45, 7) is 5.82. The molecule has 2 fully saturated rings. The first-order chi connectivity index (χ1) is 12.8. The van der Waals surface area contributed by atoms with E-state index in [-0.39, 0.29) is 0 Å². The van der Waals surface area contributed by atoms with Crippen LogP contribution in [-0.4, -0.2) is 47.6 Å². The topological polar surface area (TPSA) is 55.2 Å². The molecule has 0 spiro atoms. The van der Waals surface area contributed by atoms with Crippen molar-refractivity contribution in [1.82, 2.24) is 20.1 Å². The van der Waals surface area contributed by atoms with Crippen LogP contribution >= 0.6 is 0 Å². The van der Waals surface area contributed by atoms with E-state index in [1.165, 1.54) is 38.5 Å². The molecule has 1 N–H and O–H groups in total. The van der Waals surface area contributed by atoms with E-state index < -0.39 is 0 Å². The Bertz CT molecular complexity index is 714. The van der Waals surface area contributed by atoms with Gasteiger partial charge in [0.05, 0.1) is 18.9 Å². The molecule has 0 saturated carbocycles. The Balaban J connectivity index is 1.44. The fourth-order valence-corrected chi connectivity index (χ4v) is 4.16. The quantitative estimate of drug-likeness (QED) is 0.892. The standard InChI is InChI=1S/C20H31N5O/c1-24-20-17(8-9-19(22-20)25-11-4-2-3-5-12-25)18(23-24)15-26-14-16-7-6-10-21-13-16/h8-9,16,21H,2-7,10-15H2,1H3. The zero-order valence-electron chi connectivity index (χ0n) is 15.9. The predicted molar refractivity (Wildman–Crippen MR) is 104 cm³/mol. The van der Waals surface area contributed by atoms with Crippen LogP contribution in [0, 0.1) is 5.92 Å². The Kier molecular flexibility index (Phi) is 5.70. The van der Waals surface area contributed by atoms with Crippen molar-refractivity contribution in [3.05, 3.63) is 17.8 Å². The molecular formula is C20H31N5O. The maximum atomic E-state index is 5.99. The van der Waals surface area contributed by atoms with Crippen molar-refractivity contribution in [2.45, 2.75) is 45.1 Å². The van der Waals surface area contributed by atoms with E-state index in [0.29, 0.717) is 12.5 Å². The van der Waals surface area contributed by atoms with Gasteiger partial charge in [-0.2, -0.15) is 5.10 Å². The van der Waals surface area contributed by atoms with Crippen LogP contribution in [0.25, 0.3) is 11.0 Å². The third-order valence-corrected chi connectivity index (χ3v) is 5.67. The summed E-state index contributed by atoms with van der Waals surface area (Å²) in [6.07, 6.45) is 7.71. The molecule has 0 aliphatic carbocycles. The summed E-state index contributed by atoms with van der Waals surface area (Å²) < 4.78 is 7.89. The van der Waals surface area contributed by atoms with Crippen LogP contribution in [0.4, 0.5) is 5.82 Å². The van der Waals surface area contributed by atoms with Crippen LogP contribution < -0.4 is 10.2 Å². The summed E-state index contributed by atoms with van der Waals surface area (Å²) in [5.74, 6) is 1.72. The first-order valence-corrected chi connectivity index (χ1v) is 10.2. The Morgan fingerprint density at radius 3 is 2.77 bits per heavy atom. The van der Waals surface area contributed by atoms with Crippen molar-refractivity contribution in [2.75, 3.05) is 37.7 Å². The van der Waals surface area contributed by atoms with Crippen LogP contribution in [0.15, 0.2) is 12.1 Å². The summed E-state index contributed by atoms with van der Waals surface area (Å²) in [7, 11) is 1.98. The van der Waals surface area contributed by atoms with Gasteiger partial charge < -0.3 is 15.0 Å². The van der Waals surface area contributed by atoms with Gasteiger partial charge in [-0.1, -0.05) is 12.8 Å². The van der Waals surface area contributed by atoms with E-state index in [1.54, 1.807) is 0 Å². The first kappa shape index (κ1) is 17.7. The van der Waals surface area contributed by atoms with Crippen LogP contribution in [0.1, 0.15) is 44.2 Å². The largest absolute Gasteiger partial charge is 0.375 e. The Hall–Kier alpha value is -1.66. The molecule has 1 atom stereocenters. The van der Waals surface area contributed by atoms with Gasteiger partial charge in [-0.15, -0.1) is 0 Å². The highest BCUT2D eigenvalue weighted by atomic mass is 16.5. The van der Waals surface area contributed by atoms with Gasteiger partial charge in [0.15, 0.2) is 5.65 Å². The Labute approximate surface area is 155 Å². The average molecular weight is 358 g/mol. The van der Waals surface area contributed by atoms with E-state index in [9.17, 15) is 0 Å². The van der Waals surface area contributed by atoms with Crippen molar-refractivity contribution in [1.29, 1.82) is 0 Å². The molecule has 6 heteroatoms. The number of rotatable bonds is 5. The van der Waals surface area contributed by atoms with Gasteiger partial charge in [0.1, 0.15) is 5.82 Å². The molecular weight excluding hydrogens is 326 g/mol. The number of nitrogens with zero attached hydrogens (tertiary/aromatic N) is 4. The second kappa shape index (κ2) is 8.35. The number of hydrogen-bond acceptors (Lipinski definition) is 5. The van der Waals surface area contributed by atoms with Gasteiger partial charge in [0.2, 0.25) is 0 Å². The maximum Gasteiger partial charge on any atom is 0.160 e. The van der Waals surface area contributed by atoms with E-state index in [1.807, 2.05) is 11.7 Å². The number of aromatic nitrogens is 3. The molecule has 0 bridgehead atoms. The lowest BCUT2D eigenvalue weighted by Gasteiger charge is -2.22. The van der Waals surface area contributed by atoms with Crippen molar-refractivity contribution in [2.24, 2.45) is 13.0 Å². The minimum absolute atomic E-state index is 0.568. The van der Waals surface area contributed by atoms with Crippen molar-refractivity contribution < 1.29 is 4.74 Å². The highest BCUT2D eigenvalue weighted by Crippen LogP contribution is 2.23. The number of fused-ring (bicyclic) bond motifs is 1. The monoisotopic (exact) mass is 357 g/mol. The first-order valence-electron chi connectivity index (χ1n) is 10.2. The molecule has 2 saturated heterocycles. The van der Waals surface area contributed by atoms with E-state index in [2.05, 4.69) is 27.4 Å². The van der Waals surface area contributed by atoms with Crippen LogP contribution in [-0.2, 0) is 18.4 Å². The highest BCUT2D eigenvalue weighted by molar-refractivity contribution is 5.80. The maximum absolute atomic E-state index is 5.99. The second-order valence-electron chi connectivity index (χ2n) is 7.74. The van der Waals surface area contributed by atoms with Crippen molar-refractivity contribution >= 4 is 16.9 Å². The fraction of sp³-hybridized carbons (Fsp3) is 0.700. The molecule has 26 heavy (non-hydrogen) atoms. The van der Waals surface area contributed by atoms with Gasteiger partial charge in [-0.25, -0.2) is 4.98 Å². The zero-order valence-corrected chi connectivity index (χ0v) is 15.9. The molecule has 2 aromatic heterocycles. The molecule has 1 unspecified atom stereocenters. The molecule has 2 aliphatic heterocycles. The summed E-state index contributed by atoms with van der Waals surface area (Å²) in [5.41, 5.74) is 1.96. The number of ether oxygens (including phenoxy) is 1. The van der Waals surface area contributed by atoms with Crippen LogP contribution in [0.5, 0.6) is 0 Å². The van der Waals surface area contributed by atoms with E-state index >= 15 is 0 Å². The molecule has 6 nitrogen and oxygen atoms in total. The lowest BCUT2D eigenvalue weighted by molar-refractivity contribution is 0.0767. The van der Waals surface area contributed by atoms with Crippen LogP contribution in [0.3, 0.4) is 0 Å². The van der Waals surface area contributed by atoms with Crippen molar-refractivity contribution in [3.63, 3.8) is 0 Å². The highest BCUT2D eigenvalue weighted by Gasteiger charge is 2.17. The van der Waals surface area contributed by atoms with Gasteiger partial charge in [-0.05, 0) is 50.3 Å². The zero-order chi connectivity index (χ0) is 17.8. The summed E-state index contributed by atoms with van der Waals surface area (Å²) in [4.78, 5) is 7.34. The van der Waals surface area contributed by atoms with Gasteiger partial charge in [0, 0.05) is 32.1 Å². The van der Waals surface area contributed by atoms with E-state index in [4.69, 9.17) is 9.72 Å². The minimum Gasteiger partial charge on any atom is -0.375 e. The SMILES string of the molecule is Cn1nc(COCC2CCCNC2)c2ccc(N3CCCCCC3)nc21. The molecule has 2 aliphatic rings. The lowest BCUT2D eigenvalue weighted by Crippen LogP contribution is -2.32.